The highest BCUT2D eigenvalue weighted by Crippen LogP contribution is 2.19. The Hall–Kier alpha value is -0.890. The number of rotatable bonds is 4. The molecule has 6 nitrogen and oxygen atoms in total. The summed E-state index contributed by atoms with van der Waals surface area (Å²) in [6, 6.07) is 2.04. The van der Waals surface area contributed by atoms with Crippen molar-refractivity contribution < 1.29 is 8.42 Å². The summed E-state index contributed by atoms with van der Waals surface area (Å²) in [5.41, 5.74) is 6.39. The van der Waals surface area contributed by atoms with Crippen LogP contribution in [0.25, 0.3) is 0 Å². The molecule has 0 aromatic carbocycles. The maximum Gasteiger partial charge on any atom is 0.242 e. The molecule has 1 saturated heterocycles. The molecule has 3 N–H and O–H groups in total. The zero-order valence-electron chi connectivity index (χ0n) is 12.3. The molecule has 0 saturated carbocycles. The molecule has 7 heteroatoms. The van der Waals surface area contributed by atoms with Gasteiger partial charge in [0.2, 0.25) is 10.0 Å². The molecule has 0 spiro atoms. The van der Waals surface area contributed by atoms with Gasteiger partial charge in [0.1, 0.15) is 0 Å². The molecular weight excluding hydrogens is 276 g/mol. The maximum atomic E-state index is 12.4. The monoisotopic (exact) mass is 300 g/mol. The molecule has 1 aromatic heterocycles. The molecule has 0 bridgehead atoms. The van der Waals surface area contributed by atoms with Crippen molar-refractivity contribution in [3.05, 3.63) is 18.0 Å². The summed E-state index contributed by atoms with van der Waals surface area (Å²) >= 11 is 0. The first-order valence-corrected chi connectivity index (χ1v) is 8.39. The maximum absolute atomic E-state index is 12.4. The van der Waals surface area contributed by atoms with Gasteiger partial charge in [0.05, 0.1) is 4.90 Å². The van der Waals surface area contributed by atoms with E-state index in [0.29, 0.717) is 17.5 Å². The lowest BCUT2D eigenvalue weighted by molar-refractivity contribution is 0.178. The van der Waals surface area contributed by atoms with E-state index in [1.54, 1.807) is 23.9 Å². The number of sulfonamides is 1. The van der Waals surface area contributed by atoms with Crippen LogP contribution in [-0.4, -0.2) is 43.6 Å². The van der Waals surface area contributed by atoms with Crippen LogP contribution in [0, 0.1) is 0 Å². The third-order valence-electron chi connectivity index (χ3n) is 4.13. The molecule has 2 atom stereocenters. The van der Waals surface area contributed by atoms with E-state index < -0.39 is 10.0 Å². The van der Waals surface area contributed by atoms with E-state index in [4.69, 9.17) is 5.73 Å². The van der Waals surface area contributed by atoms with E-state index in [2.05, 4.69) is 23.6 Å². The quantitative estimate of drug-likeness (QED) is 0.835. The Morgan fingerprint density at radius 1 is 1.45 bits per heavy atom. The first-order chi connectivity index (χ1) is 9.33. The molecule has 1 aromatic rings. The number of likely N-dealkylation sites (tertiary alicyclic amines) is 1. The molecule has 1 fully saturated rings. The van der Waals surface area contributed by atoms with Gasteiger partial charge in [-0.1, -0.05) is 0 Å². The van der Waals surface area contributed by atoms with Crippen LogP contribution in [0.1, 0.15) is 25.5 Å². The smallest absolute Gasteiger partial charge is 0.242 e. The van der Waals surface area contributed by atoms with Gasteiger partial charge in [0, 0.05) is 37.6 Å². The fraction of sp³-hybridized carbons (Fsp3) is 0.692. The Balaban J connectivity index is 2.11. The molecule has 1 aliphatic rings. The number of nitrogens with zero attached hydrogens (tertiary/aromatic N) is 2. The fourth-order valence-electron chi connectivity index (χ4n) is 2.61. The SMILES string of the molecule is CC1CC(NS(=O)(=O)c2cc(CN)n(C)c2)CCN1C. The Bertz CT molecular complexity index is 567. The molecule has 2 heterocycles. The molecule has 114 valence electrons. The van der Waals surface area contributed by atoms with Crippen molar-refractivity contribution in [2.24, 2.45) is 12.8 Å². The number of aryl methyl sites for hydroxylation is 1. The zero-order chi connectivity index (χ0) is 14.9. The van der Waals surface area contributed by atoms with Crippen LogP contribution in [0.3, 0.4) is 0 Å². The van der Waals surface area contributed by atoms with E-state index in [-0.39, 0.29) is 6.04 Å². The highest BCUT2D eigenvalue weighted by atomic mass is 32.2. The van der Waals surface area contributed by atoms with Crippen molar-refractivity contribution in [2.45, 2.75) is 43.3 Å². The van der Waals surface area contributed by atoms with E-state index in [0.717, 1.165) is 25.1 Å². The Morgan fingerprint density at radius 3 is 2.70 bits per heavy atom. The average Bonchev–Trinajstić information content (AvgIpc) is 2.76. The van der Waals surface area contributed by atoms with Crippen LogP contribution in [-0.2, 0) is 23.6 Å². The standard InChI is InChI=1S/C13H24N4O2S/c1-10-6-11(4-5-16(10)2)15-20(18,19)13-7-12(8-14)17(3)9-13/h7,9-11,15H,4-6,8,14H2,1-3H3. The molecule has 20 heavy (non-hydrogen) atoms. The highest BCUT2D eigenvalue weighted by molar-refractivity contribution is 7.89. The van der Waals surface area contributed by atoms with Gasteiger partial charge in [0.25, 0.3) is 0 Å². The molecule has 0 amide bonds. The van der Waals surface area contributed by atoms with Crippen molar-refractivity contribution in [3.63, 3.8) is 0 Å². The van der Waals surface area contributed by atoms with E-state index >= 15 is 0 Å². The third-order valence-corrected chi connectivity index (χ3v) is 5.62. The van der Waals surface area contributed by atoms with Crippen molar-refractivity contribution >= 4 is 10.0 Å². The lowest BCUT2D eigenvalue weighted by Crippen LogP contribution is -2.47. The lowest BCUT2D eigenvalue weighted by Gasteiger charge is -2.35. The zero-order valence-corrected chi connectivity index (χ0v) is 13.2. The fourth-order valence-corrected chi connectivity index (χ4v) is 3.99. The van der Waals surface area contributed by atoms with Crippen LogP contribution in [0.15, 0.2) is 17.2 Å². The topological polar surface area (TPSA) is 80.4 Å². The minimum absolute atomic E-state index is 0.00716. The van der Waals surface area contributed by atoms with Gasteiger partial charge in [-0.2, -0.15) is 0 Å². The van der Waals surface area contributed by atoms with Gasteiger partial charge in [0.15, 0.2) is 0 Å². The van der Waals surface area contributed by atoms with Gasteiger partial charge in [-0.25, -0.2) is 13.1 Å². The minimum atomic E-state index is -3.46. The first-order valence-electron chi connectivity index (χ1n) is 6.91. The molecule has 0 radical (unpaired) electrons. The van der Waals surface area contributed by atoms with Gasteiger partial charge in [-0.05, 0) is 39.4 Å². The third kappa shape index (κ3) is 3.22. The molecule has 2 rings (SSSR count). The minimum Gasteiger partial charge on any atom is -0.352 e. The predicted molar refractivity (Wildman–Crippen MR) is 78.7 cm³/mol. The number of hydrogen-bond donors (Lipinski definition) is 2. The van der Waals surface area contributed by atoms with Crippen molar-refractivity contribution in [1.82, 2.24) is 14.2 Å². The number of piperidine rings is 1. The summed E-state index contributed by atoms with van der Waals surface area (Å²) in [6.45, 7) is 3.37. The summed E-state index contributed by atoms with van der Waals surface area (Å²) < 4.78 is 29.4. The van der Waals surface area contributed by atoms with Crippen LogP contribution < -0.4 is 10.5 Å². The summed E-state index contributed by atoms with van der Waals surface area (Å²) in [7, 11) is 0.416. The van der Waals surface area contributed by atoms with Crippen molar-refractivity contribution in [2.75, 3.05) is 13.6 Å². The number of aromatic nitrogens is 1. The number of hydrogen-bond acceptors (Lipinski definition) is 4. The van der Waals surface area contributed by atoms with E-state index in [1.165, 1.54) is 0 Å². The molecule has 0 aliphatic carbocycles. The van der Waals surface area contributed by atoms with Crippen LogP contribution in [0.4, 0.5) is 0 Å². The largest absolute Gasteiger partial charge is 0.352 e. The summed E-state index contributed by atoms with van der Waals surface area (Å²) in [5.74, 6) is 0. The first kappa shape index (κ1) is 15.5. The summed E-state index contributed by atoms with van der Waals surface area (Å²) in [5, 5.41) is 0. The predicted octanol–water partition coefficient (Wildman–Crippen LogP) is 0.245. The van der Waals surface area contributed by atoms with Crippen molar-refractivity contribution in [3.8, 4) is 0 Å². The van der Waals surface area contributed by atoms with Crippen LogP contribution in [0.5, 0.6) is 0 Å². The average molecular weight is 300 g/mol. The van der Waals surface area contributed by atoms with E-state index in [1.807, 2.05) is 0 Å². The van der Waals surface area contributed by atoms with Crippen LogP contribution >= 0.6 is 0 Å². The van der Waals surface area contributed by atoms with Gasteiger partial charge in [-0.15, -0.1) is 0 Å². The number of nitrogens with one attached hydrogen (secondary N) is 1. The molecule has 1 aliphatic heterocycles. The summed E-state index contributed by atoms with van der Waals surface area (Å²) in [6.07, 6.45) is 3.30. The Morgan fingerprint density at radius 2 is 2.15 bits per heavy atom. The summed E-state index contributed by atoms with van der Waals surface area (Å²) in [4.78, 5) is 2.55. The lowest BCUT2D eigenvalue weighted by atomic mass is 10.0. The Labute approximate surface area is 121 Å². The van der Waals surface area contributed by atoms with Gasteiger partial charge >= 0.3 is 0 Å². The molecule has 2 unspecified atom stereocenters. The Kier molecular flexibility index (Phi) is 4.53. The second-order valence-corrected chi connectivity index (χ2v) is 7.37. The number of nitrogens with two attached hydrogens (primary N) is 1. The van der Waals surface area contributed by atoms with E-state index in [9.17, 15) is 8.42 Å². The van der Waals surface area contributed by atoms with Crippen molar-refractivity contribution in [1.29, 1.82) is 0 Å². The van der Waals surface area contributed by atoms with Gasteiger partial charge in [-0.3, -0.25) is 0 Å². The van der Waals surface area contributed by atoms with Gasteiger partial charge < -0.3 is 15.2 Å². The normalized spacial score (nSPS) is 25.0. The van der Waals surface area contributed by atoms with Crippen LogP contribution in [0.2, 0.25) is 0 Å². The second kappa shape index (κ2) is 5.85. The highest BCUT2D eigenvalue weighted by Gasteiger charge is 2.27. The molecular formula is C13H24N4O2S. The second-order valence-electron chi connectivity index (χ2n) is 5.65.